The molecule has 0 unspecified atom stereocenters. The molecule has 2 aromatic rings. The molecule has 3 rings (SSSR count). The van der Waals surface area contributed by atoms with Crippen LogP contribution in [0.25, 0.3) is 0 Å². The second kappa shape index (κ2) is 6.35. The largest absolute Gasteiger partial charge is 0.325 e. The average Bonchev–Trinajstić information content (AvgIpc) is 2.54. The van der Waals surface area contributed by atoms with Crippen molar-refractivity contribution in [3.8, 4) is 0 Å². The van der Waals surface area contributed by atoms with E-state index < -0.39 is 0 Å². The van der Waals surface area contributed by atoms with Crippen LogP contribution in [-0.4, -0.2) is 16.2 Å². The number of amides is 1. The van der Waals surface area contributed by atoms with Gasteiger partial charge in [-0.3, -0.25) is 4.79 Å². The number of benzene rings is 2. The SMILES string of the molecule is CC[C@@H]1C(=O)N(Cc2ccccc2)[C@@H]1Sc1ccccc1. The quantitative estimate of drug-likeness (QED) is 0.772. The molecule has 108 valence electrons. The van der Waals surface area contributed by atoms with Crippen LogP contribution in [0.1, 0.15) is 18.9 Å². The molecule has 3 heteroatoms. The summed E-state index contributed by atoms with van der Waals surface area (Å²) in [7, 11) is 0. The molecule has 2 nitrogen and oxygen atoms in total. The Morgan fingerprint density at radius 1 is 1.00 bits per heavy atom. The zero-order chi connectivity index (χ0) is 14.7. The molecule has 0 radical (unpaired) electrons. The zero-order valence-electron chi connectivity index (χ0n) is 12.1. The van der Waals surface area contributed by atoms with Crippen LogP contribution in [0.4, 0.5) is 0 Å². The van der Waals surface area contributed by atoms with Crippen molar-refractivity contribution in [2.75, 3.05) is 0 Å². The van der Waals surface area contributed by atoms with Crippen LogP contribution in [0.15, 0.2) is 65.6 Å². The number of hydrogen-bond donors (Lipinski definition) is 0. The van der Waals surface area contributed by atoms with Gasteiger partial charge in [-0.1, -0.05) is 55.5 Å². The second-order valence-electron chi connectivity index (χ2n) is 5.29. The van der Waals surface area contributed by atoms with Gasteiger partial charge in [0.05, 0.1) is 11.3 Å². The van der Waals surface area contributed by atoms with E-state index in [2.05, 4.69) is 31.2 Å². The summed E-state index contributed by atoms with van der Waals surface area (Å²) >= 11 is 1.80. The van der Waals surface area contributed by atoms with Gasteiger partial charge < -0.3 is 4.90 Å². The molecule has 0 spiro atoms. The molecular formula is C18H19NOS. The molecule has 0 N–H and O–H groups in total. The highest BCUT2D eigenvalue weighted by molar-refractivity contribution is 8.00. The summed E-state index contributed by atoms with van der Waals surface area (Å²) in [5, 5.41) is 0.255. The van der Waals surface area contributed by atoms with E-state index in [-0.39, 0.29) is 17.2 Å². The lowest BCUT2D eigenvalue weighted by molar-refractivity contribution is -0.151. The summed E-state index contributed by atoms with van der Waals surface area (Å²) in [4.78, 5) is 15.5. The van der Waals surface area contributed by atoms with Crippen molar-refractivity contribution in [2.24, 2.45) is 5.92 Å². The molecule has 1 aliphatic heterocycles. The molecule has 0 bridgehead atoms. The van der Waals surface area contributed by atoms with E-state index in [0.717, 1.165) is 6.42 Å². The van der Waals surface area contributed by atoms with Crippen LogP contribution in [0, 0.1) is 5.92 Å². The normalized spacial score (nSPS) is 21.2. The Morgan fingerprint density at radius 2 is 1.62 bits per heavy atom. The lowest BCUT2D eigenvalue weighted by Crippen LogP contribution is -2.58. The molecule has 1 fully saturated rings. The molecule has 0 saturated carbocycles. The number of rotatable bonds is 5. The summed E-state index contributed by atoms with van der Waals surface area (Å²) in [5.74, 6) is 0.439. The maximum atomic E-state index is 12.3. The van der Waals surface area contributed by atoms with Gasteiger partial charge in [-0.2, -0.15) is 0 Å². The summed E-state index contributed by atoms with van der Waals surface area (Å²) in [6.07, 6.45) is 0.911. The van der Waals surface area contributed by atoms with Crippen LogP contribution < -0.4 is 0 Å². The molecule has 0 aromatic heterocycles. The standard InChI is InChI=1S/C18H19NOS/c1-2-16-17(20)19(13-14-9-5-3-6-10-14)18(16)21-15-11-7-4-8-12-15/h3-12,16,18H,2,13H2,1H3/t16-,18-/m1/s1. The van der Waals surface area contributed by atoms with E-state index in [1.54, 1.807) is 11.8 Å². The van der Waals surface area contributed by atoms with Crippen LogP contribution in [0.3, 0.4) is 0 Å². The van der Waals surface area contributed by atoms with E-state index in [1.807, 2.05) is 41.3 Å². The van der Waals surface area contributed by atoms with E-state index in [4.69, 9.17) is 0 Å². The highest BCUT2D eigenvalue weighted by atomic mass is 32.2. The van der Waals surface area contributed by atoms with Crippen LogP contribution in [-0.2, 0) is 11.3 Å². The molecular weight excluding hydrogens is 278 g/mol. The molecule has 21 heavy (non-hydrogen) atoms. The maximum Gasteiger partial charge on any atom is 0.229 e. The second-order valence-corrected chi connectivity index (χ2v) is 6.48. The minimum atomic E-state index is 0.152. The Hall–Kier alpha value is -1.74. The monoisotopic (exact) mass is 297 g/mol. The molecule has 2 aromatic carbocycles. The number of likely N-dealkylation sites (tertiary alicyclic amines) is 1. The highest BCUT2D eigenvalue weighted by Crippen LogP contribution is 2.41. The minimum absolute atomic E-state index is 0.152. The van der Waals surface area contributed by atoms with Gasteiger partial charge in [-0.05, 0) is 24.1 Å². The van der Waals surface area contributed by atoms with Gasteiger partial charge in [0.1, 0.15) is 0 Å². The first-order chi connectivity index (χ1) is 10.3. The molecule has 1 amide bonds. The van der Waals surface area contributed by atoms with Gasteiger partial charge in [0.25, 0.3) is 0 Å². The summed E-state index contributed by atoms with van der Waals surface area (Å²) in [6.45, 7) is 2.81. The average molecular weight is 297 g/mol. The molecule has 1 saturated heterocycles. The fraction of sp³-hybridized carbons (Fsp3) is 0.278. The van der Waals surface area contributed by atoms with Gasteiger partial charge in [0.2, 0.25) is 5.91 Å². The van der Waals surface area contributed by atoms with Gasteiger partial charge in [0, 0.05) is 11.4 Å². The van der Waals surface area contributed by atoms with Crippen molar-refractivity contribution in [3.63, 3.8) is 0 Å². The van der Waals surface area contributed by atoms with Crippen molar-refractivity contribution in [1.29, 1.82) is 0 Å². The lowest BCUT2D eigenvalue weighted by atomic mass is 9.94. The van der Waals surface area contributed by atoms with Gasteiger partial charge in [0.15, 0.2) is 0 Å². The fourth-order valence-corrected chi connectivity index (χ4v) is 4.08. The van der Waals surface area contributed by atoms with Gasteiger partial charge >= 0.3 is 0 Å². The van der Waals surface area contributed by atoms with Crippen molar-refractivity contribution in [2.45, 2.75) is 30.2 Å². The smallest absolute Gasteiger partial charge is 0.229 e. The van der Waals surface area contributed by atoms with Crippen molar-refractivity contribution >= 4 is 17.7 Å². The zero-order valence-corrected chi connectivity index (χ0v) is 12.9. The maximum absolute atomic E-state index is 12.3. The third kappa shape index (κ3) is 2.98. The number of hydrogen-bond acceptors (Lipinski definition) is 2. The Morgan fingerprint density at radius 3 is 2.24 bits per heavy atom. The summed E-state index contributed by atoms with van der Waals surface area (Å²) in [5.41, 5.74) is 1.19. The van der Waals surface area contributed by atoms with Gasteiger partial charge in [-0.25, -0.2) is 0 Å². The third-order valence-corrected chi connectivity index (χ3v) is 5.26. The van der Waals surface area contributed by atoms with Crippen molar-refractivity contribution in [1.82, 2.24) is 4.90 Å². The number of β-lactam (4-membered cyclic amide) rings is 1. The van der Waals surface area contributed by atoms with Crippen molar-refractivity contribution < 1.29 is 4.79 Å². The van der Waals surface area contributed by atoms with Crippen LogP contribution >= 0.6 is 11.8 Å². The molecule has 0 aliphatic carbocycles. The molecule has 1 aliphatic rings. The predicted octanol–water partition coefficient (Wildman–Crippen LogP) is 4.17. The summed E-state index contributed by atoms with van der Waals surface area (Å²) in [6, 6.07) is 20.6. The lowest BCUT2D eigenvalue weighted by Gasteiger charge is -2.46. The third-order valence-electron chi connectivity index (χ3n) is 3.89. The first kappa shape index (κ1) is 14.2. The Bertz CT molecular complexity index is 599. The number of thioether (sulfide) groups is 1. The van der Waals surface area contributed by atoms with E-state index in [0.29, 0.717) is 6.54 Å². The van der Waals surface area contributed by atoms with Crippen LogP contribution in [0.5, 0.6) is 0 Å². The van der Waals surface area contributed by atoms with Crippen molar-refractivity contribution in [3.05, 3.63) is 66.2 Å². The Balaban J connectivity index is 1.74. The number of nitrogens with zero attached hydrogens (tertiary/aromatic N) is 1. The number of carbonyl (C=O) groups excluding carboxylic acids is 1. The Kier molecular flexibility index (Phi) is 4.30. The van der Waals surface area contributed by atoms with E-state index in [9.17, 15) is 4.79 Å². The predicted molar refractivity (Wildman–Crippen MR) is 86.9 cm³/mol. The molecule has 2 atom stereocenters. The minimum Gasteiger partial charge on any atom is -0.325 e. The fourth-order valence-electron chi connectivity index (χ4n) is 2.70. The van der Waals surface area contributed by atoms with Crippen LogP contribution in [0.2, 0.25) is 0 Å². The topological polar surface area (TPSA) is 20.3 Å². The Labute approximate surface area is 130 Å². The van der Waals surface area contributed by atoms with E-state index >= 15 is 0 Å². The first-order valence-corrected chi connectivity index (χ1v) is 8.23. The van der Waals surface area contributed by atoms with E-state index in [1.165, 1.54) is 10.5 Å². The summed E-state index contributed by atoms with van der Waals surface area (Å²) < 4.78 is 0. The first-order valence-electron chi connectivity index (χ1n) is 7.35. The number of carbonyl (C=O) groups is 1. The van der Waals surface area contributed by atoms with Gasteiger partial charge in [-0.15, -0.1) is 11.8 Å². The highest BCUT2D eigenvalue weighted by Gasteiger charge is 2.46. The molecule has 1 heterocycles.